The average molecular weight is 347 g/mol. The fourth-order valence-electron chi connectivity index (χ4n) is 10.3. The van der Waals surface area contributed by atoms with Crippen LogP contribution in [0.4, 0.5) is 0 Å². The van der Waals surface area contributed by atoms with Crippen LogP contribution in [0.15, 0.2) is 24.3 Å². The highest BCUT2D eigenvalue weighted by Gasteiger charge is 2.56. The van der Waals surface area contributed by atoms with Crippen LogP contribution in [0.5, 0.6) is 0 Å². The first kappa shape index (κ1) is 15.2. The summed E-state index contributed by atoms with van der Waals surface area (Å²) >= 11 is 0. The third-order valence-electron chi connectivity index (χ3n) is 10.1. The summed E-state index contributed by atoms with van der Waals surface area (Å²) in [6.45, 7) is 0. The monoisotopic (exact) mass is 346 g/mol. The zero-order chi connectivity index (χ0) is 16.9. The Balaban J connectivity index is 1.36. The number of benzene rings is 1. The predicted octanol–water partition coefficient (Wildman–Crippen LogP) is 6.62. The highest BCUT2D eigenvalue weighted by molar-refractivity contribution is 5.43. The second-order valence-electron chi connectivity index (χ2n) is 11.9. The Kier molecular flexibility index (Phi) is 2.91. The lowest BCUT2D eigenvalue weighted by atomic mass is 9.44. The van der Waals surface area contributed by atoms with Crippen molar-refractivity contribution in [2.24, 2.45) is 35.5 Å². The number of hydrogen-bond donors (Lipinski definition) is 0. The standard InChI is InChI=1S/C26H34/c1-2-4-24(26-14-20-8-21(15-26)10-22(9-20)16-26)23(3-1)25-11-17-5-18(12-25)7-19(6-17)13-25/h1-4,17-22H,5-16H2. The molecule has 8 bridgehead atoms. The molecule has 1 aromatic carbocycles. The van der Waals surface area contributed by atoms with Crippen molar-refractivity contribution in [3.05, 3.63) is 35.4 Å². The van der Waals surface area contributed by atoms with E-state index < -0.39 is 0 Å². The molecule has 26 heavy (non-hydrogen) atoms. The largest absolute Gasteiger partial charge is 0.0620 e. The Labute approximate surface area is 159 Å². The van der Waals surface area contributed by atoms with E-state index in [-0.39, 0.29) is 0 Å². The van der Waals surface area contributed by atoms with Crippen molar-refractivity contribution in [3.63, 3.8) is 0 Å². The van der Waals surface area contributed by atoms with Gasteiger partial charge in [-0.1, -0.05) is 24.3 Å². The molecule has 0 spiro atoms. The highest BCUT2D eigenvalue weighted by Crippen LogP contribution is 2.65. The summed E-state index contributed by atoms with van der Waals surface area (Å²) < 4.78 is 0. The summed E-state index contributed by atoms with van der Waals surface area (Å²) in [6.07, 6.45) is 18.6. The molecule has 8 aliphatic carbocycles. The van der Waals surface area contributed by atoms with Crippen molar-refractivity contribution in [2.45, 2.75) is 87.9 Å². The minimum atomic E-state index is 0.578. The molecule has 138 valence electrons. The first-order valence-electron chi connectivity index (χ1n) is 11.8. The summed E-state index contributed by atoms with van der Waals surface area (Å²) in [6, 6.07) is 10.00. The molecule has 0 aliphatic heterocycles. The average Bonchev–Trinajstić information content (AvgIpc) is 2.59. The van der Waals surface area contributed by atoms with E-state index in [2.05, 4.69) is 24.3 Å². The topological polar surface area (TPSA) is 0 Å². The molecule has 0 aromatic heterocycles. The van der Waals surface area contributed by atoms with Gasteiger partial charge in [0.2, 0.25) is 0 Å². The fraction of sp³-hybridized carbons (Fsp3) is 0.769. The Bertz CT molecular complexity index is 607. The molecular weight excluding hydrogens is 312 g/mol. The van der Waals surface area contributed by atoms with Gasteiger partial charge in [0.05, 0.1) is 0 Å². The van der Waals surface area contributed by atoms with Gasteiger partial charge in [0.1, 0.15) is 0 Å². The number of hydrogen-bond acceptors (Lipinski definition) is 0. The molecule has 8 fully saturated rings. The molecule has 8 aliphatic rings. The molecule has 0 heteroatoms. The molecule has 0 nitrogen and oxygen atoms in total. The van der Waals surface area contributed by atoms with Crippen LogP contribution in [0.2, 0.25) is 0 Å². The van der Waals surface area contributed by atoms with Crippen LogP contribution >= 0.6 is 0 Å². The van der Waals surface area contributed by atoms with E-state index in [1.54, 1.807) is 38.5 Å². The van der Waals surface area contributed by atoms with Crippen LogP contribution in [0.1, 0.15) is 88.2 Å². The normalized spacial score (nSPS) is 53.4. The predicted molar refractivity (Wildman–Crippen MR) is 106 cm³/mol. The lowest BCUT2D eigenvalue weighted by Crippen LogP contribution is -2.52. The minimum Gasteiger partial charge on any atom is -0.0620 e. The molecule has 0 saturated heterocycles. The fourth-order valence-corrected chi connectivity index (χ4v) is 10.3. The van der Waals surface area contributed by atoms with Gasteiger partial charge >= 0.3 is 0 Å². The first-order chi connectivity index (χ1) is 12.7. The van der Waals surface area contributed by atoms with E-state index in [9.17, 15) is 0 Å². The summed E-state index contributed by atoms with van der Waals surface area (Å²) in [5, 5.41) is 0. The van der Waals surface area contributed by atoms with Crippen molar-refractivity contribution in [3.8, 4) is 0 Å². The molecular formula is C26H34. The van der Waals surface area contributed by atoms with Crippen molar-refractivity contribution in [2.75, 3.05) is 0 Å². The van der Waals surface area contributed by atoms with Crippen molar-refractivity contribution in [1.29, 1.82) is 0 Å². The van der Waals surface area contributed by atoms with Gasteiger partial charge in [-0.15, -0.1) is 0 Å². The molecule has 8 saturated carbocycles. The van der Waals surface area contributed by atoms with E-state index >= 15 is 0 Å². The van der Waals surface area contributed by atoms with Crippen LogP contribution in [0.25, 0.3) is 0 Å². The Morgan fingerprint density at radius 1 is 0.462 bits per heavy atom. The SMILES string of the molecule is c1ccc(C23CC4CC(CC(C4)C2)C3)c(C23CC4CC(CC(C4)C2)C3)c1. The maximum Gasteiger partial charge on any atom is -0.00361 e. The van der Waals surface area contributed by atoms with E-state index in [0.717, 1.165) is 35.5 Å². The highest BCUT2D eigenvalue weighted by atomic mass is 14.6. The molecule has 0 amide bonds. The zero-order valence-electron chi connectivity index (χ0n) is 16.3. The van der Waals surface area contributed by atoms with Crippen molar-refractivity contribution >= 4 is 0 Å². The third kappa shape index (κ3) is 1.97. The molecule has 9 rings (SSSR count). The van der Waals surface area contributed by atoms with Gasteiger partial charge in [-0.05, 0) is 135 Å². The van der Waals surface area contributed by atoms with Crippen LogP contribution in [0, 0.1) is 35.5 Å². The molecule has 1 aromatic rings. The molecule has 0 N–H and O–H groups in total. The second-order valence-corrected chi connectivity index (χ2v) is 11.9. The summed E-state index contributed by atoms with van der Waals surface area (Å²) in [7, 11) is 0. The zero-order valence-corrected chi connectivity index (χ0v) is 16.3. The summed E-state index contributed by atoms with van der Waals surface area (Å²) in [5.41, 5.74) is 4.88. The van der Waals surface area contributed by atoms with Gasteiger partial charge in [0.25, 0.3) is 0 Å². The Hall–Kier alpha value is -0.780. The van der Waals surface area contributed by atoms with Gasteiger partial charge < -0.3 is 0 Å². The van der Waals surface area contributed by atoms with Crippen molar-refractivity contribution < 1.29 is 0 Å². The smallest absolute Gasteiger partial charge is 0.00361 e. The van der Waals surface area contributed by atoms with Gasteiger partial charge in [0.15, 0.2) is 0 Å². The lowest BCUT2D eigenvalue weighted by Gasteiger charge is -2.61. The van der Waals surface area contributed by atoms with Gasteiger partial charge in [-0.3, -0.25) is 0 Å². The van der Waals surface area contributed by atoms with Crippen LogP contribution in [-0.4, -0.2) is 0 Å². The Morgan fingerprint density at radius 3 is 1.00 bits per heavy atom. The second kappa shape index (κ2) is 4.98. The summed E-state index contributed by atoms with van der Waals surface area (Å²) in [5.74, 6) is 6.36. The molecule has 0 atom stereocenters. The van der Waals surface area contributed by atoms with Crippen molar-refractivity contribution in [1.82, 2.24) is 0 Å². The maximum atomic E-state index is 2.61. The van der Waals surface area contributed by atoms with Gasteiger partial charge in [-0.25, -0.2) is 0 Å². The van der Waals surface area contributed by atoms with Gasteiger partial charge in [-0.2, -0.15) is 0 Å². The molecule has 0 radical (unpaired) electrons. The maximum absolute atomic E-state index is 2.61. The van der Waals surface area contributed by atoms with Crippen LogP contribution in [0.3, 0.4) is 0 Å². The van der Waals surface area contributed by atoms with Crippen LogP contribution in [-0.2, 0) is 10.8 Å². The lowest BCUT2D eigenvalue weighted by molar-refractivity contribution is -0.0174. The summed E-state index contributed by atoms with van der Waals surface area (Å²) in [4.78, 5) is 0. The van der Waals surface area contributed by atoms with E-state index in [4.69, 9.17) is 0 Å². The van der Waals surface area contributed by atoms with Gasteiger partial charge in [0, 0.05) is 0 Å². The molecule has 0 unspecified atom stereocenters. The van der Waals surface area contributed by atoms with Crippen LogP contribution < -0.4 is 0 Å². The number of rotatable bonds is 2. The minimum absolute atomic E-state index is 0.578. The van der Waals surface area contributed by atoms with E-state index in [1.165, 1.54) is 38.5 Å². The Morgan fingerprint density at radius 2 is 0.731 bits per heavy atom. The van der Waals surface area contributed by atoms with E-state index in [0.29, 0.717) is 10.8 Å². The third-order valence-corrected chi connectivity index (χ3v) is 10.1. The quantitative estimate of drug-likeness (QED) is 0.564. The van der Waals surface area contributed by atoms with E-state index in [1.807, 2.05) is 11.1 Å². The first-order valence-corrected chi connectivity index (χ1v) is 11.8. The molecule has 0 heterocycles.